The zero-order valence-electron chi connectivity index (χ0n) is 12.1. The first-order valence-electron chi connectivity index (χ1n) is 6.72. The van der Waals surface area contributed by atoms with E-state index < -0.39 is 0 Å². The molecule has 0 bridgehead atoms. The highest BCUT2D eigenvalue weighted by Gasteiger charge is 2.26. The van der Waals surface area contributed by atoms with Crippen LogP contribution in [-0.2, 0) is 0 Å². The summed E-state index contributed by atoms with van der Waals surface area (Å²) in [6.45, 7) is 0. The fraction of sp³-hybridized carbons (Fsp3) is 0.188. The molecule has 1 atom stereocenters. The van der Waals surface area contributed by atoms with E-state index in [2.05, 4.69) is 26.6 Å². The third-order valence-electron chi connectivity index (χ3n) is 3.56. The van der Waals surface area contributed by atoms with Crippen LogP contribution >= 0.6 is 15.9 Å². The summed E-state index contributed by atoms with van der Waals surface area (Å²) in [5.41, 5.74) is 2.30. The molecule has 114 valence electrons. The lowest BCUT2D eigenvalue weighted by Crippen LogP contribution is -2.38. The lowest BCUT2D eigenvalue weighted by Gasteiger charge is -2.29. The minimum Gasteiger partial charge on any atom is -0.493 e. The van der Waals surface area contributed by atoms with Crippen LogP contribution in [0.1, 0.15) is 22.1 Å². The van der Waals surface area contributed by atoms with Crippen molar-refractivity contribution in [1.29, 1.82) is 0 Å². The molecule has 1 aliphatic rings. The van der Waals surface area contributed by atoms with E-state index in [0.717, 1.165) is 15.7 Å². The Morgan fingerprint density at radius 3 is 2.45 bits per heavy atom. The average Bonchev–Trinajstić information content (AvgIpc) is 2.54. The van der Waals surface area contributed by atoms with E-state index in [4.69, 9.17) is 9.47 Å². The van der Waals surface area contributed by atoms with Gasteiger partial charge in [-0.2, -0.15) is 0 Å². The monoisotopic (exact) mass is 362 g/mol. The van der Waals surface area contributed by atoms with Gasteiger partial charge in [-0.1, -0.05) is 28.1 Å². The van der Waals surface area contributed by atoms with Crippen molar-refractivity contribution >= 4 is 27.5 Å². The highest BCUT2D eigenvalue weighted by molar-refractivity contribution is 9.10. The van der Waals surface area contributed by atoms with Gasteiger partial charge in [0, 0.05) is 15.7 Å². The van der Waals surface area contributed by atoms with Crippen LogP contribution in [-0.4, -0.2) is 20.1 Å². The molecule has 3 rings (SSSR count). The number of carbonyl (C=O) groups is 1. The van der Waals surface area contributed by atoms with Crippen molar-refractivity contribution in [3.63, 3.8) is 0 Å². The van der Waals surface area contributed by atoms with Gasteiger partial charge in [0.2, 0.25) is 0 Å². The molecule has 0 aromatic heterocycles. The van der Waals surface area contributed by atoms with Crippen molar-refractivity contribution < 1.29 is 14.3 Å². The van der Waals surface area contributed by atoms with Gasteiger partial charge in [0.1, 0.15) is 6.17 Å². The third-order valence-corrected chi connectivity index (χ3v) is 4.25. The number of rotatable bonds is 3. The summed E-state index contributed by atoms with van der Waals surface area (Å²) >= 11 is 3.52. The summed E-state index contributed by atoms with van der Waals surface area (Å²) in [7, 11) is 3.17. The standard InChI is InChI=1S/C16H15BrN2O3/c1-21-13-7-10(11(17)8-14(13)22-2)15-18-12-6-4-3-5-9(12)16(20)19-15/h3-8,15,18H,1-2H3,(H,19,20). The van der Waals surface area contributed by atoms with Crippen LogP contribution in [0.3, 0.4) is 0 Å². The fourth-order valence-corrected chi connectivity index (χ4v) is 3.01. The Hall–Kier alpha value is -2.21. The van der Waals surface area contributed by atoms with Crippen molar-refractivity contribution in [3.8, 4) is 11.5 Å². The van der Waals surface area contributed by atoms with Gasteiger partial charge in [0.15, 0.2) is 11.5 Å². The Morgan fingerprint density at radius 2 is 1.73 bits per heavy atom. The fourth-order valence-electron chi connectivity index (χ4n) is 2.45. The van der Waals surface area contributed by atoms with Gasteiger partial charge in [-0.15, -0.1) is 0 Å². The van der Waals surface area contributed by atoms with Gasteiger partial charge < -0.3 is 20.1 Å². The molecule has 5 nitrogen and oxygen atoms in total. The molecule has 1 aliphatic heterocycles. The average molecular weight is 363 g/mol. The summed E-state index contributed by atoms with van der Waals surface area (Å²) in [5.74, 6) is 1.12. The van der Waals surface area contributed by atoms with E-state index in [9.17, 15) is 4.79 Å². The topological polar surface area (TPSA) is 59.6 Å². The number of hydrogen-bond acceptors (Lipinski definition) is 4. The summed E-state index contributed by atoms with van der Waals surface area (Å²) in [6, 6.07) is 11.1. The number of halogens is 1. The van der Waals surface area contributed by atoms with Gasteiger partial charge in [0.25, 0.3) is 5.91 Å². The smallest absolute Gasteiger partial charge is 0.255 e. The van der Waals surface area contributed by atoms with Gasteiger partial charge in [0.05, 0.1) is 19.8 Å². The summed E-state index contributed by atoms with van der Waals surface area (Å²) in [4.78, 5) is 12.2. The van der Waals surface area contributed by atoms with Crippen LogP contribution in [0.25, 0.3) is 0 Å². The molecule has 0 radical (unpaired) electrons. The van der Waals surface area contributed by atoms with Crippen LogP contribution in [0.15, 0.2) is 40.9 Å². The molecule has 1 unspecified atom stereocenters. The van der Waals surface area contributed by atoms with Crippen LogP contribution in [0, 0.1) is 0 Å². The van der Waals surface area contributed by atoms with Crippen LogP contribution in [0.2, 0.25) is 0 Å². The first-order chi connectivity index (χ1) is 10.6. The second-order valence-corrected chi connectivity index (χ2v) is 5.68. The molecule has 0 fully saturated rings. The molecular weight excluding hydrogens is 348 g/mol. The lowest BCUT2D eigenvalue weighted by molar-refractivity contribution is 0.0935. The number of amides is 1. The molecule has 6 heteroatoms. The predicted molar refractivity (Wildman–Crippen MR) is 87.5 cm³/mol. The lowest BCUT2D eigenvalue weighted by atomic mass is 10.1. The zero-order valence-corrected chi connectivity index (χ0v) is 13.7. The number of para-hydroxylation sites is 1. The van der Waals surface area contributed by atoms with Crippen LogP contribution < -0.4 is 20.1 Å². The Labute approximate surface area is 136 Å². The maximum atomic E-state index is 12.2. The summed E-state index contributed by atoms with van der Waals surface area (Å²) in [5, 5.41) is 6.26. The number of methoxy groups -OCH3 is 2. The van der Waals surface area contributed by atoms with Crippen LogP contribution in [0.4, 0.5) is 5.69 Å². The number of carbonyl (C=O) groups excluding carboxylic acids is 1. The summed E-state index contributed by atoms with van der Waals surface area (Å²) in [6.07, 6.45) is -0.350. The quantitative estimate of drug-likeness (QED) is 0.879. The van der Waals surface area contributed by atoms with Crippen LogP contribution in [0.5, 0.6) is 11.5 Å². The number of nitrogens with one attached hydrogen (secondary N) is 2. The van der Waals surface area contributed by atoms with E-state index in [1.165, 1.54) is 0 Å². The molecule has 22 heavy (non-hydrogen) atoms. The minimum atomic E-state index is -0.350. The molecule has 2 N–H and O–H groups in total. The maximum absolute atomic E-state index is 12.2. The molecule has 2 aromatic rings. The van der Waals surface area contributed by atoms with E-state index in [0.29, 0.717) is 17.1 Å². The number of anilines is 1. The molecule has 1 amide bonds. The van der Waals surface area contributed by atoms with Gasteiger partial charge in [-0.25, -0.2) is 0 Å². The highest BCUT2D eigenvalue weighted by atomic mass is 79.9. The van der Waals surface area contributed by atoms with Crippen molar-refractivity contribution in [2.45, 2.75) is 6.17 Å². The van der Waals surface area contributed by atoms with Crippen molar-refractivity contribution in [2.75, 3.05) is 19.5 Å². The predicted octanol–water partition coefficient (Wildman–Crippen LogP) is 3.32. The molecule has 0 spiro atoms. The SMILES string of the molecule is COc1cc(Br)c(C2NC(=O)c3ccccc3N2)cc1OC. The third kappa shape index (κ3) is 2.50. The second kappa shape index (κ2) is 5.88. The normalized spacial score (nSPS) is 16.3. The molecule has 0 saturated heterocycles. The number of benzene rings is 2. The minimum absolute atomic E-state index is 0.110. The van der Waals surface area contributed by atoms with E-state index in [-0.39, 0.29) is 12.1 Å². The molecule has 2 aromatic carbocycles. The van der Waals surface area contributed by atoms with Crippen molar-refractivity contribution in [3.05, 3.63) is 52.0 Å². The Morgan fingerprint density at radius 1 is 1.05 bits per heavy atom. The Kier molecular flexibility index (Phi) is 3.94. The van der Waals surface area contributed by atoms with Gasteiger partial charge >= 0.3 is 0 Å². The maximum Gasteiger partial charge on any atom is 0.255 e. The first-order valence-corrected chi connectivity index (χ1v) is 7.51. The van der Waals surface area contributed by atoms with Crippen molar-refractivity contribution in [2.24, 2.45) is 0 Å². The Bertz CT molecular complexity index is 733. The zero-order chi connectivity index (χ0) is 15.7. The summed E-state index contributed by atoms with van der Waals surface area (Å²) < 4.78 is 11.4. The highest BCUT2D eigenvalue weighted by Crippen LogP contribution is 2.37. The molecular formula is C16H15BrN2O3. The molecule has 0 saturated carbocycles. The number of hydrogen-bond donors (Lipinski definition) is 2. The Balaban J connectivity index is 2.01. The second-order valence-electron chi connectivity index (χ2n) is 4.83. The van der Waals surface area contributed by atoms with Gasteiger partial charge in [-0.05, 0) is 24.3 Å². The van der Waals surface area contributed by atoms with E-state index in [1.807, 2.05) is 30.3 Å². The van der Waals surface area contributed by atoms with E-state index >= 15 is 0 Å². The van der Waals surface area contributed by atoms with Gasteiger partial charge in [-0.3, -0.25) is 4.79 Å². The largest absolute Gasteiger partial charge is 0.493 e. The van der Waals surface area contributed by atoms with E-state index in [1.54, 1.807) is 20.3 Å². The number of ether oxygens (including phenoxy) is 2. The number of fused-ring (bicyclic) bond motifs is 1. The first kappa shape index (κ1) is 14.7. The molecule has 0 aliphatic carbocycles. The van der Waals surface area contributed by atoms with Crippen molar-refractivity contribution in [1.82, 2.24) is 5.32 Å². The molecule has 1 heterocycles.